The van der Waals surface area contributed by atoms with Crippen LogP contribution >= 0.6 is 15.9 Å². The smallest absolute Gasteiger partial charge is 0.0547 e. The molecule has 2 heteroatoms. The highest BCUT2D eigenvalue weighted by Gasteiger charge is 2.13. The van der Waals surface area contributed by atoms with E-state index in [0.717, 1.165) is 4.47 Å². The van der Waals surface area contributed by atoms with Gasteiger partial charge in [-0.05, 0) is 63.4 Å². The second kappa shape index (κ2) is 8.51. The minimum Gasteiger partial charge on any atom is -0.309 e. The van der Waals surface area contributed by atoms with Crippen molar-refractivity contribution in [2.45, 2.75) is 0 Å². The van der Waals surface area contributed by atoms with Crippen LogP contribution in [0.1, 0.15) is 0 Å². The molecule has 1 heterocycles. The molecule has 0 fully saturated rings. The topological polar surface area (TPSA) is 4.93 Å². The van der Waals surface area contributed by atoms with Crippen molar-refractivity contribution in [3.8, 4) is 27.9 Å². The van der Waals surface area contributed by atoms with E-state index >= 15 is 0 Å². The molecule has 1 nitrogen and oxygen atoms in total. The van der Waals surface area contributed by atoms with E-state index in [-0.39, 0.29) is 0 Å². The number of hydrogen-bond acceptors (Lipinski definition) is 0. The third-order valence-electron chi connectivity index (χ3n) is 7.07. The minimum absolute atomic E-state index is 1.11. The van der Waals surface area contributed by atoms with Gasteiger partial charge in [-0.2, -0.15) is 0 Å². The summed E-state index contributed by atoms with van der Waals surface area (Å²) in [6, 6.07) is 48.0. The first-order valence-corrected chi connectivity index (χ1v) is 12.9. The molecule has 0 saturated carbocycles. The van der Waals surface area contributed by atoms with Crippen molar-refractivity contribution >= 4 is 48.5 Å². The minimum atomic E-state index is 1.11. The van der Waals surface area contributed by atoms with Gasteiger partial charge < -0.3 is 4.57 Å². The zero-order chi connectivity index (χ0) is 24.1. The molecule has 0 radical (unpaired) electrons. The number of para-hydroxylation sites is 1. The summed E-state index contributed by atoms with van der Waals surface area (Å²) in [6.45, 7) is 0. The third kappa shape index (κ3) is 3.45. The Morgan fingerprint density at radius 1 is 0.444 bits per heavy atom. The number of aromatic nitrogens is 1. The Hall–Kier alpha value is -4.14. The number of benzene rings is 6. The maximum absolute atomic E-state index is 3.68. The zero-order valence-corrected chi connectivity index (χ0v) is 21.1. The normalized spacial score (nSPS) is 11.5. The van der Waals surface area contributed by atoms with E-state index in [1.165, 1.54) is 60.5 Å². The molecule has 0 aliphatic carbocycles. The highest BCUT2D eigenvalue weighted by Crippen LogP contribution is 2.36. The van der Waals surface area contributed by atoms with E-state index < -0.39 is 0 Å². The Morgan fingerprint density at radius 2 is 1.11 bits per heavy atom. The summed E-state index contributed by atoms with van der Waals surface area (Å²) in [4.78, 5) is 0. The van der Waals surface area contributed by atoms with Crippen LogP contribution in [-0.4, -0.2) is 4.57 Å². The summed E-state index contributed by atoms with van der Waals surface area (Å²) >= 11 is 3.68. The van der Waals surface area contributed by atoms with Crippen LogP contribution in [0.4, 0.5) is 0 Å². The second-order valence-electron chi connectivity index (χ2n) is 9.17. The Morgan fingerprint density at radius 3 is 1.97 bits per heavy atom. The Labute approximate surface area is 218 Å². The van der Waals surface area contributed by atoms with Crippen molar-refractivity contribution < 1.29 is 0 Å². The molecule has 0 atom stereocenters. The Bertz CT molecular complexity index is 1890. The quantitative estimate of drug-likeness (QED) is 0.217. The van der Waals surface area contributed by atoms with Gasteiger partial charge >= 0.3 is 0 Å². The van der Waals surface area contributed by atoms with Crippen molar-refractivity contribution in [3.63, 3.8) is 0 Å². The van der Waals surface area contributed by atoms with E-state index in [0.29, 0.717) is 0 Å². The summed E-state index contributed by atoms with van der Waals surface area (Å²) in [5.74, 6) is 0. The van der Waals surface area contributed by atoms with E-state index in [2.05, 4.69) is 148 Å². The summed E-state index contributed by atoms with van der Waals surface area (Å²) in [7, 11) is 0. The first-order valence-electron chi connectivity index (χ1n) is 12.1. The lowest BCUT2D eigenvalue weighted by Gasteiger charge is -2.11. The van der Waals surface area contributed by atoms with Gasteiger partial charge in [-0.15, -0.1) is 0 Å². The maximum Gasteiger partial charge on any atom is 0.0547 e. The molecule has 7 rings (SSSR count). The molecular weight excluding hydrogens is 502 g/mol. The number of halogens is 1. The fraction of sp³-hybridized carbons (Fsp3) is 0. The van der Waals surface area contributed by atoms with Gasteiger partial charge in [-0.1, -0.05) is 119 Å². The van der Waals surface area contributed by atoms with Gasteiger partial charge in [0.2, 0.25) is 0 Å². The molecule has 7 aromatic rings. The molecule has 1 aromatic heterocycles. The molecule has 0 bridgehead atoms. The van der Waals surface area contributed by atoms with Crippen LogP contribution < -0.4 is 0 Å². The van der Waals surface area contributed by atoms with Crippen molar-refractivity contribution in [3.05, 3.63) is 138 Å². The number of fused-ring (bicyclic) bond motifs is 4. The van der Waals surface area contributed by atoms with Crippen molar-refractivity contribution in [2.24, 2.45) is 0 Å². The van der Waals surface area contributed by atoms with Crippen LogP contribution in [-0.2, 0) is 0 Å². The van der Waals surface area contributed by atoms with Crippen LogP contribution in [0.3, 0.4) is 0 Å². The molecule has 0 aliphatic rings. The standard InChI is InChI=1S/C34H22BrN/c35-32-11-5-3-9-29(32)25-15-13-24(14-16-25)27-18-20-31-30-10-4-6-12-33(30)36(34(31)22-27)28-19-17-23-7-1-2-8-26(23)21-28/h1-22H. The fourth-order valence-corrected chi connectivity index (χ4v) is 5.80. The molecule has 6 aromatic carbocycles. The predicted octanol–water partition coefficient (Wildman–Crippen LogP) is 10.0. The summed E-state index contributed by atoms with van der Waals surface area (Å²) < 4.78 is 3.51. The first-order chi connectivity index (χ1) is 17.8. The third-order valence-corrected chi connectivity index (χ3v) is 7.76. The zero-order valence-electron chi connectivity index (χ0n) is 19.5. The summed E-state index contributed by atoms with van der Waals surface area (Å²) in [5.41, 5.74) is 8.46. The maximum atomic E-state index is 3.68. The van der Waals surface area contributed by atoms with Gasteiger partial charge in [0.1, 0.15) is 0 Å². The molecule has 0 amide bonds. The average Bonchev–Trinajstić information content (AvgIpc) is 3.27. The van der Waals surface area contributed by atoms with Crippen molar-refractivity contribution in [2.75, 3.05) is 0 Å². The highest BCUT2D eigenvalue weighted by atomic mass is 79.9. The van der Waals surface area contributed by atoms with E-state index in [9.17, 15) is 0 Å². The molecule has 36 heavy (non-hydrogen) atoms. The SMILES string of the molecule is Brc1ccccc1-c1ccc(-c2ccc3c4ccccc4n(-c4ccc5ccccc5c4)c3c2)cc1. The Kier molecular flexibility index (Phi) is 5.00. The van der Waals surface area contributed by atoms with Gasteiger partial charge in [0.15, 0.2) is 0 Å². The lowest BCUT2D eigenvalue weighted by atomic mass is 9.99. The molecular formula is C34H22BrN. The van der Waals surface area contributed by atoms with E-state index in [4.69, 9.17) is 0 Å². The second-order valence-corrected chi connectivity index (χ2v) is 10.0. The lowest BCUT2D eigenvalue weighted by molar-refractivity contribution is 1.19. The Balaban J connectivity index is 1.40. The van der Waals surface area contributed by atoms with Crippen molar-refractivity contribution in [1.82, 2.24) is 4.57 Å². The first kappa shape index (κ1) is 21.2. The molecule has 0 spiro atoms. The van der Waals surface area contributed by atoms with Crippen LogP contribution in [0.5, 0.6) is 0 Å². The lowest BCUT2D eigenvalue weighted by Crippen LogP contribution is -1.94. The van der Waals surface area contributed by atoms with Crippen LogP contribution in [0.2, 0.25) is 0 Å². The summed E-state index contributed by atoms with van der Waals surface area (Å²) in [6.07, 6.45) is 0. The van der Waals surface area contributed by atoms with Gasteiger partial charge in [0, 0.05) is 20.9 Å². The molecule has 0 saturated heterocycles. The van der Waals surface area contributed by atoms with Gasteiger partial charge in [0.25, 0.3) is 0 Å². The van der Waals surface area contributed by atoms with Gasteiger partial charge in [-0.25, -0.2) is 0 Å². The van der Waals surface area contributed by atoms with E-state index in [1.54, 1.807) is 0 Å². The van der Waals surface area contributed by atoms with Crippen LogP contribution in [0.15, 0.2) is 138 Å². The van der Waals surface area contributed by atoms with Gasteiger partial charge in [0.05, 0.1) is 11.0 Å². The van der Waals surface area contributed by atoms with Gasteiger partial charge in [-0.3, -0.25) is 0 Å². The van der Waals surface area contributed by atoms with Crippen LogP contribution in [0.25, 0.3) is 60.5 Å². The fourth-order valence-electron chi connectivity index (χ4n) is 5.28. The molecule has 0 aliphatic heterocycles. The van der Waals surface area contributed by atoms with Crippen molar-refractivity contribution in [1.29, 1.82) is 0 Å². The largest absolute Gasteiger partial charge is 0.309 e. The van der Waals surface area contributed by atoms with Crippen LogP contribution in [0, 0.1) is 0 Å². The highest BCUT2D eigenvalue weighted by molar-refractivity contribution is 9.10. The molecule has 170 valence electrons. The summed E-state index contributed by atoms with van der Waals surface area (Å²) in [5, 5.41) is 5.05. The average molecular weight is 524 g/mol. The monoisotopic (exact) mass is 523 g/mol. The number of hydrogen-bond donors (Lipinski definition) is 0. The molecule has 0 N–H and O–H groups in total. The van der Waals surface area contributed by atoms with E-state index in [1.807, 2.05) is 6.07 Å². The predicted molar refractivity (Wildman–Crippen MR) is 157 cm³/mol. The number of rotatable bonds is 3. The molecule has 0 unspecified atom stereocenters. The number of nitrogens with zero attached hydrogens (tertiary/aromatic N) is 1.